The number of nitrogens with two attached hydrogens (primary N) is 2. The molecule has 0 saturated carbocycles. The number of amides is 1. The van der Waals surface area contributed by atoms with Crippen LogP contribution in [0.15, 0.2) is 36.4 Å². The largest absolute Gasteiger partial charge is 0.456 e. The molecular weight excluding hydrogens is 273 g/mol. The SMILES string of the molecule is N#CCc1cc(Oc2cccc(F)c2C(N)=O)ccc1N. The van der Waals surface area contributed by atoms with Crippen molar-refractivity contribution in [2.75, 3.05) is 5.73 Å². The average molecular weight is 285 g/mol. The third-order valence-corrected chi connectivity index (χ3v) is 2.83. The molecule has 0 fully saturated rings. The van der Waals surface area contributed by atoms with E-state index in [0.717, 1.165) is 6.07 Å². The Kier molecular flexibility index (Phi) is 4.05. The van der Waals surface area contributed by atoms with E-state index in [2.05, 4.69) is 0 Å². The summed E-state index contributed by atoms with van der Waals surface area (Å²) >= 11 is 0. The number of anilines is 1. The van der Waals surface area contributed by atoms with Crippen LogP contribution in [0.2, 0.25) is 0 Å². The predicted octanol–water partition coefficient (Wildman–Crippen LogP) is 2.37. The van der Waals surface area contributed by atoms with Crippen molar-refractivity contribution in [3.05, 3.63) is 53.3 Å². The lowest BCUT2D eigenvalue weighted by Gasteiger charge is -2.11. The molecule has 5 nitrogen and oxygen atoms in total. The first kappa shape index (κ1) is 14.3. The Morgan fingerprint density at radius 2 is 2.10 bits per heavy atom. The molecule has 0 aromatic heterocycles. The normalized spacial score (nSPS) is 9.90. The van der Waals surface area contributed by atoms with E-state index in [1.54, 1.807) is 18.2 Å². The summed E-state index contributed by atoms with van der Waals surface area (Å²) in [5.74, 6) is -1.33. The van der Waals surface area contributed by atoms with Gasteiger partial charge < -0.3 is 16.2 Å². The fourth-order valence-corrected chi connectivity index (χ4v) is 1.84. The highest BCUT2D eigenvalue weighted by Crippen LogP contribution is 2.29. The Morgan fingerprint density at radius 1 is 1.33 bits per heavy atom. The van der Waals surface area contributed by atoms with Gasteiger partial charge in [-0.2, -0.15) is 5.26 Å². The zero-order chi connectivity index (χ0) is 15.4. The lowest BCUT2D eigenvalue weighted by Crippen LogP contribution is -2.14. The van der Waals surface area contributed by atoms with Crippen LogP contribution >= 0.6 is 0 Å². The van der Waals surface area contributed by atoms with E-state index >= 15 is 0 Å². The summed E-state index contributed by atoms with van der Waals surface area (Å²) in [6, 6.07) is 10.6. The zero-order valence-electron chi connectivity index (χ0n) is 11.0. The van der Waals surface area contributed by atoms with Crippen molar-refractivity contribution in [2.24, 2.45) is 5.73 Å². The standard InChI is InChI=1S/C15H12FN3O2/c16-11-2-1-3-13(14(11)15(19)20)21-10-4-5-12(18)9(8-10)6-7-17/h1-5,8H,6,18H2,(H2,19,20). The number of hydrogen-bond acceptors (Lipinski definition) is 4. The van der Waals surface area contributed by atoms with Crippen LogP contribution in [0, 0.1) is 17.1 Å². The first-order valence-corrected chi connectivity index (χ1v) is 6.04. The third kappa shape index (κ3) is 3.09. The number of nitrogens with zero attached hydrogens (tertiary/aromatic N) is 1. The minimum Gasteiger partial charge on any atom is -0.456 e. The van der Waals surface area contributed by atoms with Gasteiger partial charge in [0.2, 0.25) is 0 Å². The molecular formula is C15H12FN3O2. The lowest BCUT2D eigenvalue weighted by atomic mass is 10.1. The molecule has 0 saturated heterocycles. The van der Waals surface area contributed by atoms with Gasteiger partial charge in [-0.3, -0.25) is 4.79 Å². The fourth-order valence-electron chi connectivity index (χ4n) is 1.84. The molecule has 0 heterocycles. The maximum atomic E-state index is 13.6. The molecule has 0 aliphatic rings. The smallest absolute Gasteiger partial charge is 0.255 e. The van der Waals surface area contributed by atoms with E-state index < -0.39 is 11.7 Å². The molecule has 0 aliphatic heterocycles. The summed E-state index contributed by atoms with van der Waals surface area (Å²) in [5.41, 5.74) is 11.6. The number of rotatable bonds is 4. The number of carbonyl (C=O) groups is 1. The minimum atomic E-state index is -0.921. The van der Waals surface area contributed by atoms with Crippen molar-refractivity contribution in [1.29, 1.82) is 5.26 Å². The molecule has 0 spiro atoms. The van der Waals surface area contributed by atoms with Gasteiger partial charge in [-0.05, 0) is 35.9 Å². The molecule has 2 aromatic rings. The van der Waals surface area contributed by atoms with Gasteiger partial charge in [-0.25, -0.2) is 4.39 Å². The van der Waals surface area contributed by atoms with Gasteiger partial charge in [0.25, 0.3) is 5.91 Å². The first-order chi connectivity index (χ1) is 10.0. The molecule has 0 aliphatic carbocycles. The van der Waals surface area contributed by atoms with E-state index in [0.29, 0.717) is 17.0 Å². The van der Waals surface area contributed by atoms with Crippen molar-refractivity contribution in [3.63, 3.8) is 0 Å². The summed E-state index contributed by atoms with van der Waals surface area (Å²) < 4.78 is 19.1. The highest BCUT2D eigenvalue weighted by molar-refractivity contribution is 5.96. The lowest BCUT2D eigenvalue weighted by molar-refractivity contribution is 0.0994. The van der Waals surface area contributed by atoms with Crippen LogP contribution in [-0.4, -0.2) is 5.91 Å². The van der Waals surface area contributed by atoms with Gasteiger partial charge in [0, 0.05) is 5.69 Å². The van der Waals surface area contributed by atoms with Crippen LogP contribution in [0.25, 0.3) is 0 Å². The second-order valence-electron chi connectivity index (χ2n) is 4.27. The zero-order valence-corrected chi connectivity index (χ0v) is 11.0. The topological polar surface area (TPSA) is 102 Å². The number of ether oxygens (including phenoxy) is 1. The summed E-state index contributed by atoms with van der Waals surface area (Å²) in [5, 5.41) is 8.72. The number of carbonyl (C=O) groups excluding carboxylic acids is 1. The Bertz CT molecular complexity index is 738. The van der Waals surface area contributed by atoms with Crippen molar-refractivity contribution in [1.82, 2.24) is 0 Å². The number of halogens is 1. The molecule has 2 rings (SSSR count). The van der Waals surface area contributed by atoms with Gasteiger partial charge in [0.15, 0.2) is 0 Å². The molecule has 0 atom stereocenters. The maximum Gasteiger partial charge on any atom is 0.255 e. The number of benzene rings is 2. The van der Waals surface area contributed by atoms with E-state index in [9.17, 15) is 9.18 Å². The van der Waals surface area contributed by atoms with Gasteiger partial charge >= 0.3 is 0 Å². The van der Waals surface area contributed by atoms with Crippen LogP contribution in [0.5, 0.6) is 11.5 Å². The quantitative estimate of drug-likeness (QED) is 0.842. The van der Waals surface area contributed by atoms with Crippen LogP contribution in [0.1, 0.15) is 15.9 Å². The molecule has 0 bridgehead atoms. The molecule has 6 heteroatoms. The molecule has 0 radical (unpaired) electrons. The molecule has 1 amide bonds. The first-order valence-electron chi connectivity index (χ1n) is 6.04. The molecule has 0 unspecified atom stereocenters. The Hall–Kier alpha value is -3.07. The number of nitrogen functional groups attached to an aromatic ring is 1. The highest BCUT2D eigenvalue weighted by Gasteiger charge is 2.16. The van der Waals surface area contributed by atoms with Gasteiger partial charge in [-0.15, -0.1) is 0 Å². The van der Waals surface area contributed by atoms with Crippen LogP contribution in [0.4, 0.5) is 10.1 Å². The van der Waals surface area contributed by atoms with Crippen LogP contribution in [0.3, 0.4) is 0 Å². The Labute approximate surface area is 120 Å². The molecule has 2 aromatic carbocycles. The monoisotopic (exact) mass is 285 g/mol. The Morgan fingerprint density at radius 3 is 2.76 bits per heavy atom. The van der Waals surface area contributed by atoms with E-state index in [1.165, 1.54) is 12.1 Å². The number of nitriles is 1. The summed E-state index contributed by atoms with van der Waals surface area (Å²) in [6.45, 7) is 0. The predicted molar refractivity (Wildman–Crippen MR) is 75.2 cm³/mol. The highest BCUT2D eigenvalue weighted by atomic mass is 19.1. The number of hydrogen-bond donors (Lipinski definition) is 2. The van der Waals surface area contributed by atoms with Crippen molar-refractivity contribution in [3.8, 4) is 17.6 Å². The van der Waals surface area contributed by atoms with Crippen LogP contribution in [-0.2, 0) is 6.42 Å². The molecule has 106 valence electrons. The second-order valence-corrected chi connectivity index (χ2v) is 4.27. The van der Waals surface area contributed by atoms with Crippen molar-refractivity contribution >= 4 is 11.6 Å². The summed E-state index contributed by atoms with van der Waals surface area (Å²) in [6.07, 6.45) is 0.120. The Balaban J connectivity index is 2.39. The number of primary amides is 1. The average Bonchev–Trinajstić information content (AvgIpc) is 2.42. The van der Waals surface area contributed by atoms with Crippen molar-refractivity contribution < 1.29 is 13.9 Å². The summed E-state index contributed by atoms with van der Waals surface area (Å²) in [7, 11) is 0. The van der Waals surface area contributed by atoms with Crippen molar-refractivity contribution in [2.45, 2.75) is 6.42 Å². The molecule has 4 N–H and O–H groups in total. The second kappa shape index (κ2) is 5.92. The van der Waals surface area contributed by atoms with Gasteiger partial charge in [-0.1, -0.05) is 6.07 Å². The van der Waals surface area contributed by atoms with E-state index in [1.807, 2.05) is 6.07 Å². The molecule has 21 heavy (non-hydrogen) atoms. The maximum absolute atomic E-state index is 13.6. The van der Waals surface area contributed by atoms with Gasteiger partial charge in [0.1, 0.15) is 22.9 Å². The van der Waals surface area contributed by atoms with Crippen LogP contribution < -0.4 is 16.2 Å². The van der Waals surface area contributed by atoms with E-state index in [4.69, 9.17) is 21.5 Å². The summed E-state index contributed by atoms with van der Waals surface area (Å²) in [4.78, 5) is 11.3. The third-order valence-electron chi connectivity index (χ3n) is 2.83. The fraction of sp³-hybridized carbons (Fsp3) is 0.0667. The van der Waals surface area contributed by atoms with Gasteiger partial charge in [0.05, 0.1) is 12.5 Å². The minimum absolute atomic E-state index is 0.00943. The van der Waals surface area contributed by atoms with E-state index in [-0.39, 0.29) is 17.7 Å².